The zero-order valence-corrected chi connectivity index (χ0v) is 20.2. The van der Waals surface area contributed by atoms with Crippen LogP contribution in [0.4, 0.5) is 28.4 Å². The topological polar surface area (TPSA) is 67.5 Å². The Hall–Kier alpha value is -3.54. The molecule has 1 aromatic carbocycles. The van der Waals surface area contributed by atoms with Crippen LogP contribution in [-0.4, -0.2) is 43.4 Å². The minimum atomic E-state index is -2.82. The molecule has 36 heavy (non-hydrogen) atoms. The number of rotatable bonds is 7. The molecule has 4 heterocycles. The highest BCUT2D eigenvalue weighted by Gasteiger charge is 2.38. The molecule has 0 spiro atoms. The Labute approximate surface area is 208 Å². The SMILES string of the molecule is CC(=O)c1nn(SF)c(C)c1C(Nc1ccn2ccnc2c1)c1ccc(N2CCC(F)(F)C2)cc1F. The van der Waals surface area contributed by atoms with E-state index in [9.17, 15) is 17.5 Å². The highest BCUT2D eigenvalue weighted by atomic mass is 32.2. The van der Waals surface area contributed by atoms with Gasteiger partial charge in [-0.05, 0) is 25.1 Å². The Morgan fingerprint density at radius 1 is 1.22 bits per heavy atom. The molecule has 1 aliphatic heterocycles. The van der Waals surface area contributed by atoms with Crippen LogP contribution in [0.3, 0.4) is 0 Å². The zero-order chi connectivity index (χ0) is 25.6. The number of carbonyl (C=O) groups excluding carboxylic acids is 1. The molecule has 7 nitrogen and oxygen atoms in total. The fourth-order valence-electron chi connectivity index (χ4n) is 4.54. The van der Waals surface area contributed by atoms with Crippen molar-refractivity contribution < 1.29 is 21.9 Å². The Morgan fingerprint density at radius 3 is 2.69 bits per heavy atom. The van der Waals surface area contributed by atoms with E-state index in [1.807, 2.05) is 0 Å². The van der Waals surface area contributed by atoms with Crippen LogP contribution in [0.15, 0.2) is 48.9 Å². The number of alkyl halides is 2. The molecule has 1 fully saturated rings. The number of nitrogens with one attached hydrogen (secondary N) is 1. The van der Waals surface area contributed by atoms with Gasteiger partial charge in [0.1, 0.15) is 17.2 Å². The van der Waals surface area contributed by atoms with Crippen LogP contribution in [-0.2, 0) is 0 Å². The lowest BCUT2D eigenvalue weighted by Gasteiger charge is -2.24. The molecule has 1 atom stereocenters. The van der Waals surface area contributed by atoms with Crippen molar-refractivity contribution in [3.05, 3.63) is 77.3 Å². The Balaban J connectivity index is 1.61. The number of hydrogen-bond acceptors (Lipinski definition) is 6. The molecule has 0 aliphatic carbocycles. The van der Waals surface area contributed by atoms with Gasteiger partial charge in [0.25, 0.3) is 5.92 Å². The molecule has 0 bridgehead atoms. The lowest BCUT2D eigenvalue weighted by atomic mass is 9.94. The molecule has 4 aromatic rings. The van der Waals surface area contributed by atoms with Crippen molar-refractivity contribution in [1.82, 2.24) is 18.6 Å². The van der Waals surface area contributed by atoms with Gasteiger partial charge in [0.2, 0.25) is 0 Å². The normalized spacial score (nSPS) is 16.0. The summed E-state index contributed by atoms with van der Waals surface area (Å²) >= 11 is -0.166. The molecular formula is C24H22F4N6OS. The van der Waals surface area contributed by atoms with E-state index in [0.717, 1.165) is 4.09 Å². The zero-order valence-electron chi connectivity index (χ0n) is 19.4. The van der Waals surface area contributed by atoms with Gasteiger partial charge in [0.15, 0.2) is 18.1 Å². The number of benzene rings is 1. The van der Waals surface area contributed by atoms with E-state index >= 15 is 4.39 Å². The highest BCUT2D eigenvalue weighted by molar-refractivity contribution is 7.92. The van der Waals surface area contributed by atoms with Crippen LogP contribution in [0.2, 0.25) is 0 Å². The lowest BCUT2D eigenvalue weighted by Crippen LogP contribution is -2.25. The third-order valence-electron chi connectivity index (χ3n) is 6.35. The van der Waals surface area contributed by atoms with Crippen molar-refractivity contribution in [3.63, 3.8) is 0 Å². The standard InChI is InChI=1S/C24H22F4N6OS/c1-14-21(22(15(2)35)31-34(14)36-28)23(30-16-5-8-32-10-7-29-20(32)11-16)18-4-3-17(12-19(18)25)33-9-6-24(26,27)13-33/h3-5,7-8,10-12,23,30H,6,9,13H2,1-2H3. The first kappa shape index (κ1) is 24.2. The van der Waals surface area contributed by atoms with Crippen LogP contribution in [0.25, 0.3) is 5.65 Å². The minimum absolute atomic E-state index is 0.000277. The van der Waals surface area contributed by atoms with Gasteiger partial charge in [0, 0.05) is 67.0 Å². The number of hydrogen-bond donors (Lipinski definition) is 1. The van der Waals surface area contributed by atoms with Gasteiger partial charge < -0.3 is 14.6 Å². The molecule has 0 radical (unpaired) electrons. The first-order chi connectivity index (χ1) is 17.2. The molecule has 188 valence electrons. The molecule has 0 amide bonds. The van der Waals surface area contributed by atoms with Crippen LogP contribution in [0.5, 0.6) is 0 Å². The summed E-state index contributed by atoms with van der Waals surface area (Å²) in [7, 11) is 0. The van der Waals surface area contributed by atoms with Crippen molar-refractivity contribution >= 4 is 35.1 Å². The maximum absolute atomic E-state index is 15.6. The quantitative estimate of drug-likeness (QED) is 0.254. The smallest absolute Gasteiger partial charge is 0.266 e. The van der Waals surface area contributed by atoms with E-state index in [0.29, 0.717) is 28.3 Å². The van der Waals surface area contributed by atoms with Gasteiger partial charge >= 0.3 is 0 Å². The molecular weight excluding hydrogens is 496 g/mol. The number of carbonyl (C=O) groups is 1. The average Bonchev–Trinajstić information content (AvgIpc) is 3.54. The number of fused-ring (bicyclic) bond motifs is 1. The van der Waals surface area contributed by atoms with Gasteiger partial charge in [-0.15, -0.1) is 3.89 Å². The van der Waals surface area contributed by atoms with Crippen LogP contribution in [0, 0.1) is 12.7 Å². The third kappa shape index (κ3) is 4.41. The van der Waals surface area contributed by atoms with Crippen molar-refractivity contribution in [2.75, 3.05) is 23.3 Å². The van der Waals surface area contributed by atoms with Crippen LogP contribution in [0.1, 0.15) is 46.7 Å². The summed E-state index contributed by atoms with van der Waals surface area (Å²) in [5.74, 6) is -3.89. The summed E-state index contributed by atoms with van der Waals surface area (Å²) in [4.78, 5) is 18.1. The number of anilines is 2. The van der Waals surface area contributed by atoms with Gasteiger partial charge in [-0.1, -0.05) is 6.07 Å². The molecule has 1 saturated heterocycles. The summed E-state index contributed by atoms with van der Waals surface area (Å²) in [6.07, 6.45) is 4.89. The minimum Gasteiger partial charge on any atom is -0.374 e. The van der Waals surface area contributed by atoms with Crippen molar-refractivity contribution in [2.24, 2.45) is 0 Å². The van der Waals surface area contributed by atoms with E-state index in [4.69, 9.17) is 0 Å². The second-order valence-electron chi connectivity index (χ2n) is 8.76. The average molecular weight is 519 g/mol. The predicted octanol–water partition coefficient (Wildman–Crippen LogP) is 5.61. The number of halogens is 4. The monoisotopic (exact) mass is 518 g/mol. The summed E-state index contributed by atoms with van der Waals surface area (Å²) in [6.45, 7) is 2.53. The van der Waals surface area contributed by atoms with E-state index in [-0.39, 0.29) is 36.6 Å². The largest absolute Gasteiger partial charge is 0.374 e. The van der Waals surface area contributed by atoms with E-state index in [2.05, 4.69) is 15.4 Å². The van der Waals surface area contributed by atoms with Gasteiger partial charge in [-0.2, -0.15) is 9.19 Å². The van der Waals surface area contributed by atoms with Crippen molar-refractivity contribution in [2.45, 2.75) is 32.2 Å². The Morgan fingerprint density at radius 2 is 2.03 bits per heavy atom. The summed E-state index contributed by atoms with van der Waals surface area (Å²) in [5.41, 5.74) is 2.36. The highest BCUT2D eigenvalue weighted by Crippen LogP contribution is 2.37. The van der Waals surface area contributed by atoms with Crippen LogP contribution < -0.4 is 10.2 Å². The summed E-state index contributed by atoms with van der Waals surface area (Å²) in [6, 6.07) is 6.86. The number of imidazole rings is 1. The van der Waals surface area contributed by atoms with Gasteiger partial charge in [-0.25, -0.2) is 18.2 Å². The van der Waals surface area contributed by atoms with Crippen molar-refractivity contribution in [3.8, 4) is 0 Å². The molecule has 0 saturated carbocycles. The number of nitrogens with zero attached hydrogens (tertiary/aromatic N) is 5. The number of aromatic nitrogens is 4. The fraction of sp³-hybridized carbons (Fsp3) is 0.292. The Bertz CT molecular complexity index is 1450. The summed E-state index contributed by atoms with van der Waals surface area (Å²) < 4.78 is 59.4. The Kier molecular flexibility index (Phi) is 6.15. The van der Waals surface area contributed by atoms with Gasteiger partial charge in [-0.3, -0.25) is 4.79 Å². The number of Topliss-reactive ketones (excluding diaryl/α,β-unsaturated/α-hetero) is 1. The first-order valence-corrected chi connectivity index (χ1v) is 11.9. The van der Waals surface area contributed by atoms with E-state index in [1.165, 1.54) is 24.0 Å². The lowest BCUT2D eigenvalue weighted by molar-refractivity contribution is 0.0257. The molecule has 1 aliphatic rings. The van der Waals surface area contributed by atoms with Gasteiger partial charge in [0.05, 0.1) is 18.3 Å². The summed E-state index contributed by atoms with van der Waals surface area (Å²) in [5, 5.41) is 7.31. The molecule has 1 unspecified atom stereocenters. The van der Waals surface area contributed by atoms with Crippen LogP contribution >= 0.6 is 12.3 Å². The molecule has 1 N–H and O–H groups in total. The van der Waals surface area contributed by atoms with Crippen molar-refractivity contribution in [1.29, 1.82) is 0 Å². The first-order valence-electron chi connectivity index (χ1n) is 11.2. The number of pyridine rings is 1. The molecule has 5 rings (SSSR count). The predicted molar refractivity (Wildman–Crippen MR) is 130 cm³/mol. The molecule has 12 heteroatoms. The maximum atomic E-state index is 15.6. The van der Waals surface area contributed by atoms with E-state index in [1.54, 1.807) is 48.1 Å². The number of ketones is 1. The fourth-order valence-corrected chi connectivity index (χ4v) is 4.86. The molecule has 3 aromatic heterocycles. The second-order valence-corrected chi connectivity index (χ2v) is 9.25. The third-order valence-corrected chi connectivity index (χ3v) is 6.84. The second kappa shape index (κ2) is 9.16. The van der Waals surface area contributed by atoms with E-state index < -0.39 is 30.1 Å². The maximum Gasteiger partial charge on any atom is 0.266 e.